The number of aromatic nitrogens is 6. The van der Waals surface area contributed by atoms with Gasteiger partial charge in [-0.05, 0) is 29.3 Å². The largest absolute Gasteiger partial charge is 0.481 e. The first-order valence-electron chi connectivity index (χ1n) is 9.62. The predicted molar refractivity (Wildman–Crippen MR) is 107 cm³/mol. The molecule has 3 heterocycles. The van der Waals surface area contributed by atoms with Crippen LogP contribution in [0.4, 0.5) is 35.1 Å². The van der Waals surface area contributed by atoms with E-state index in [4.69, 9.17) is 21.7 Å². The van der Waals surface area contributed by atoms with E-state index in [2.05, 4.69) is 15.1 Å². The van der Waals surface area contributed by atoms with Gasteiger partial charge in [0.2, 0.25) is 16.8 Å². The molecule has 0 radical (unpaired) electrons. The molecule has 0 aliphatic carbocycles. The van der Waals surface area contributed by atoms with Crippen LogP contribution in [0.15, 0.2) is 24.4 Å². The van der Waals surface area contributed by atoms with Gasteiger partial charge in [0.25, 0.3) is 0 Å². The first kappa shape index (κ1) is 25.4. The standard InChI is InChI=1S/C19H12ClF8N7O/c1-36-13-4-12(19(26,27)28)32-35(13)14-9(21)2-8(3-10(14)22)6-33-15-11(5-30-16(20)31-15)34(17(33)29)7-18(23,24)25/h2-5,29H,6-7H2,1H3. The molecule has 0 spiro atoms. The maximum atomic E-state index is 14.9. The van der Waals surface area contributed by atoms with Gasteiger partial charge in [-0.2, -0.15) is 41.1 Å². The molecule has 0 saturated carbocycles. The van der Waals surface area contributed by atoms with Gasteiger partial charge in [0.05, 0.1) is 19.9 Å². The molecule has 0 aliphatic heterocycles. The van der Waals surface area contributed by atoms with Crippen LogP contribution in [-0.4, -0.2) is 42.2 Å². The summed E-state index contributed by atoms with van der Waals surface area (Å²) in [6, 6.07) is 1.91. The maximum Gasteiger partial charge on any atom is 0.435 e. The van der Waals surface area contributed by atoms with Gasteiger partial charge in [0.15, 0.2) is 23.0 Å². The minimum absolute atomic E-state index is 0.185. The Morgan fingerprint density at radius 1 is 1.03 bits per heavy atom. The second-order valence-electron chi connectivity index (χ2n) is 7.35. The first-order chi connectivity index (χ1) is 16.7. The van der Waals surface area contributed by atoms with Crippen LogP contribution >= 0.6 is 11.6 Å². The zero-order chi connectivity index (χ0) is 26.6. The van der Waals surface area contributed by atoms with Crippen LogP contribution in [0.2, 0.25) is 5.28 Å². The molecule has 0 fully saturated rings. The average Bonchev–Trinajstić information content (AvgIpc) is 3.28. The summed E-state index contributed by atoms with van der Waals surface area (Å²) in [6.45, 7) is -2.10. The summed E-state index contributed by atoms with van der Waals surface area (Å²) < 4.78 is 115. The van der Waals surface area contributed by atoms with E-state index >= 15 is 0 Å². The fraction of sp³-hybridized carbons (Fsp3) is 0.263. The highest BCUT2D eigenvalue weighted by atomic mass is 35.5. The SMILES string of the molecule is COc1cc(C(F)(F)F)nn1-c1c(F)cc(Cn2c(=N)n(CC(F)(F)F)c3cnc(Cl)nc32)cc1F. The smallest absolute Gasteiger partial charge is 0.435 e. The van der Waals surface area contributed by atoms with E-state index in [0.29, 0.717) is 15.3 Å². The average molecular weight is 542 g/mol. The monoisotopic (exact) mass is 541 g/mol. The number of halogens is 9. The highest BCUT2D eigenvalue weighted by molar-refractivity contribution is 6.28. The molecule has 0 unspecified atom stereocenters. The van der Waals surface area contributed by atoms with Gasteiger partial charge in [0, 0.05) is 6.07 Å². The lowest BCUT2D eigenvalue weighted by Crippen LogP contribution is -2.30. The normalized spacial score (nSPS) is 12.5. The number of alkyl halides is 6. The number of imidazole rings is 1. The predicted octanol–water partition coefficient (Wildman–Crippen LogP) is 4.47. The lowest BCUT2D eigenvalue weighted by Gasteiger charge is -2.11. The minimum Gasteiger partial charge on any atom is -0.481 e. The molecule has 0 amide bonds. The van der Waals surface area contributed by atoms with Gasteiger partial charge in [0.1, 0.15) is 17.7 Å². The Hall–Kier alpha value is -3.69. The van der Waals surface area contributed by atoms with Crippen molar-refractivity contribution in [1.29, 1.82) is 5.41 Å². The topological polar surface area (TPSA) is 86.5 Å². The minimum atomic E-state index is -4.92. The van der Waals surface area contributed by atoms with Crippen molar-refractivity contribution in [3.05, 3.63) is 58.2 Å². The zero-order valence-corrected chi connectivity index (χ0v) is 18.5. The zero-order valence-electron chi connectivity index (χ0n) is 17.7. The van der Waals surface area contributed by atoms with Gasteiger partial charge < -0.3 is 4.74 Å². The molecular weight excluding hydrogens is 530 g/mol. The summed E-state index contributed by atoms with van der Waals surface area (Å²) >= 11 is 5.74. The Morgan fingerprint density at radius 2 is 1.67 bits per heavy atom. The third kappa shape index (κ3) is 4.72. The number of nitrogens with zero attached hydrogens (tertiary/aromatic N) is 6. The Labute approximate surface area is 199 Å². The molecular formula is C19H12ClF8N7O. The van der Waals surface area contributed by atoms with E-state index in [0.717, 1.165) is 30.0 Å². The molecule has 36 heavy (non-hydrogen) atoms. The number of hydrogen-bond acceptors (Lipinski definition) is 5. The van der Waals surface area contributed by atoms with Crippen molar-refractivity contribution >= 4 is 22.8 Å². The molecule has 1 aromatic carbocycles. The Morgan fingerprint density at radius 3 is 2.22 bits per heavy atom. The van der Waals surface area contributed by atoms with Crippen LogP contribution < -0.4 is 10.4 Å². The molecule has 0 saturated heterocycles. The quantitative estimate of drug-likeness (QED) is 0.298. The molecule has 192 valence electrons. The van der Waals surface area contributed by atoms with Gasteiger partial charge >= 0.3 is 12.4 Å². The number of rotatable bonds is 5. The van der Waals surface area contributed by atoms with Gasteiger partial charge in [-0.1, -0.05) is 0 Å². The molecule has 3 aromatic heterocycles. The summed E-state index contributed by atoms with van der Waals surface area (Å²) in [7, 11) is 0.980. The number of methoxy groups -OCH3 is 1. The van der Waals surface area contributed by atoms with Crippen molar-refractivity contribution in [3.8, 4) is 11.6 Å². The number of fused-ring (bicyclic) bond motifs is 1. The van der Waals surface area contributed by atoms with Crippen LogP contribution in [0.1, 0.15) is 11.3 Å². The number of ether oxygens (including phenoxy) is 1. The lowest BCUT2D eigenvalue weighted by molar-refractivity contribution is -0.141. The van der Waals surface area contributed by atoms with Crippen molar-refractivity contribution in [3.63, 3.8) is 0 Å². The van der Waals surface area contributed by atoms with Crippen molar-refractivity contribution in [2.24, 2.45) is 0 Å². The van der Waals surface area contributed by atoms with Crippen LogP contribution in [-0.2, 0) is 19.3 Å². The van der Waals surface area contributed by atoms with Crippen LogP contribution in [0.25, 0.3) is 16.9 Å². The summed E-state index contributed by atoms with van der Waals surface area (Å²) in [6.07, 6.45) is -8.66. The second-order valence-corrected chi connectivity index (χ2v) is 7.69. The molecule has 0 bridgehead atoms. The highest BCUT2D eigenvalue weighted by Gasteiger charge is 2.36. The fourth-order valence-electron chi connectivity index (χ4n) is 3.49. The number of nitrogens with one attached hydrogen (secondary N) is 1. The number of hydrogen-bond donors (Lipinski definition) is 1. The second kappa shape index (κ2) is 8.76. The summed E-state index contributed by atoms with van der Waals surface area (Å²) in [5, 5.41) is 11.0. The Balaban J connectivity index is 1.81. The molecule has 4 aromatic rings. The van der Waals surface area contributed by atoms with E-state index in [1.807, 2.05) is 0 Å². The fourth-order valence-corrected chi connectivity index (χ4v) is 3.62. The molecule has 8 nitrogen and oxygen atoms in total. The Kier molecular flexibility index (Phi) is 6.18. The summed E-state index contributed by atoms with van der Waals surface area (Å²) in [5.41, 5.74) is -3.75. The summed E-state index contributed by atoms with van der Waals surface area (Å²) in [5.74, 6) is -3.30. The Bertz CT molecular complexity index is 1500. The summed E-state index contributed by atoms with van der Waals surface area (Å²) in [4.78, 5) is 7.44. The highest BCUT2D eigenvalue weighted by Crippen LogP contribution is 2.33. The van der Waals surface area contributed by atoms with E-state index in [-0.39, 0.29) is 22.0 Å². The molecule has 17 heteroatoms. The van der Waals surface area contributed by atoms with Crippen molar-refractivity contribution < 1.29 is 39.9 Å². The molecule has 4 rings (SSSR count). The molecule has 1 N–H and O–H groups in total. The lowest BCUT2D eigenvalue weighted by atomic mass is 10.2. The van der Waals surface area contributed by atoms with Crippen LogP contribution in [0, 0.1) is 17.0 Å². The molecule has 0 aliphatic rings. The van der Waals surface area contributed by atoms with E-state index in [9.17, 15) is 35.1 Å². The van der Waals surface area contributed by atoms with E-state index < -0.39 is 60.0 Å². The molecule has 0 atom stereocenters. The van der Waals surface area contributed by atoms with E-state index in [1.54, 1.807) is 0 Å². The van der Waals surface area contributed by atoms with Crippen molar-refractivity contribution in [2.75, 3.05) is 7.11 Å². The van der Waals surface area contributed by atoms with Gasteiger partial charge in [-0.15, -0.1) is 0 Å². The number of benzene rings is 1. The van der Waals surface area contributed by atoms with Gasteiger partial charge in [-0.25, -0.2) is 13.8 Å². The van der Waals surface area contributed by atoms with Gasteiger partial charge in [-0.3, -0.25) is 14.5 Å². The van der Waals surface area contributed by atoms with Crippen LogP contribution in [0.3, 0.4) is 0 Å². The van der Waals surface area contributed by atoms with E-state index in [1.165, 1.54) is 0 Å². The van der Waals surface area contributed by atoms with Crippen LogP contribution in [0.5, 0.6) is 5.88 Å². The van der Waals surface area contributed by atoms with Crippen molar-refractivity contribution in [1.82, 2.24) is 28.9 Å². The maximum absolute atomic E-state index is 14.9. The first-order valence-corrected chi connectivity index (χ1v) is 10.00. The third-order valence-electron chi connectivity index (χ3n) is 4.92. The third-order valence-corrected chi connectivity index (χ3v) is 5.10. The van der Waals surface area contributed by atoms with Crippen molar-refractivity contribution in [2.45, 2.75) is 25.4 Å².